The Morgan fingerprint density at radius 2 is 0.640 bits per heavy atom. The number of para-hydroxylation sites is 3. The van der Waals surface area contributed by atoms with E-state index in [1.165, 1.54) is 27.6 Å². The summed E-state index contributed by atoms with van der Waals surface area (Å²) < 4.78 is 18.5. The minimum Gasteiger partial charge on any atom is -0.501 e. The molecule has 0 saturated carbocycles. The minimum atomic E-state index is 0. The average Bonchev–Trinajstić information content (AvgIpc) is 1.60. The summed E-state index contributed by atoms with van der Waals surface area (Å²) in [7, 11) is 0. The third-order valence-corrected chi connectivity index (χ3v) is 21.3. The van der Waals surface area contributed by atoms with Gasteiger partial charge in [0.1, 0.15) is 16.7 Å². The number of nitrogens with zero attached hydrogens (tertiary/aromatic N) is 8. The quantitative estimate of drug-likeness (QED) is 0.114. The Labute approximate surface area is 865 Å². The van der Waals surface area contributed by atoms with Gasteiger partial charge < -0.3 is 53.1 Å². The molecule has 11 heterocycles. The number of aromatic nitrogens is 8. The van der Waals surface area contributed by atoms with Crippen molar-refractivity contribution in [2.75, 3.05) is 0 Å². The number of pyridine rings is 8. The molecule has 0 unspecified atom stereocenters. The van der Waals surface area contributed by atoms with E-state index in [1.54, 1.807) is 24.8 Å². The van der Waals surface area contributed by atoms with Gasteiger partial charge >= 0.3 is 0 Å². The van der Waals surface area contributed by atoms with Crippen molar-refractivity contribution in [2.45, 2.75) is 87.0 Å². The number of fused-ring (bicyclic) bond motifs is 9. The maximum absolute atomic E-state index is 6.30. The van der Waals surface area contributed by atoms with Gasteiger partial charge in [-0.05, 0) is 161 Å². The van der Waals surface area contributed by atoms with Crippen LogP contribution in [0.2, 0.25) is 0 Å². The summed E-state index contributed by atoms with van der Waals surface area (Å²) in [4.78, 5) is 35.0. The largest absolute Gasteiger partial charge is 0.501 e. The van der Waals surface area contributed by atoms with Gasteiger partial charge in [0, 0.05) is 165 Å². The molecule has 689 valence electrons. The van der Waals surface area contributed by atoms with Crippen LogP contribution in [-0.4, -0.2) is 39.9 Å². The first-order valence-corrected chi connectivity index (χ1v) is 43.8. The van der Waals surface area contributed by atoms with Crippen LogP contribution in [0.5, 0.6) is 0 Å². The molecule has 0 atom stereocenters. The fraction of sp³-hybridized carbons (Fsp3) is 0.117. The van der Waals surface area contributed by atoms with Crippen molar-refractivity contribution in [3.05, 3.63) is 471 Å². The molecular weight excluding hydrogens is 2560 g/mol. The molecule has 0 saturated heterocycles. The van der Waals surface area contributed by atoms with Gasteiger partial charge in [-0.3, -0.25) is 0 Å². The molecule has 11 nitrogen and oxygen atoms in total. The fourth-order valence-corrected chi connectivity index (χ4v) is 14.8. The molecule has 0 N–H and O–H groups in total. The van der Waals surface area contributed by atoms with Crippen LogP contribution in [0.1, 0.15) is 88.0 Å². The normalized spacial score (nSPS) is 10.4. The number of rotatable bonds is 11. The van der Waals surface area contributed by atoms with Crippen LogP contribution >= 0.6 is 0 Å². The van der Waals surface area contributed by atoms with Crippen LogP contribution in [0.3, 0.4) is 0 Å². The molecule has 22 aromatic rings. The second-order valence-electron chi connectivity index (χ2n) is 32.8. The van der Waals surface area contributed by atoms with Gasteiger partial charge in [-0.15, -0.1) is 234 Å². The number of benzene rings is 11. The number of hydrogen-bond acceptors (Lipinski definition) is 11. The van der Waals surface area contributed by atoms with E-state index in [-0.39, 0.29) is 106 Å². The monoisotopic (exact) mass is 2660 g/mol. The zero-order chi connectivity index (χ0) is 90.7. The second-order valence-corrected chi connectivity index (χ2v) is 32.8. The van der Waals surface area contributed by atoms with Crippen molar-refractivity contribution < 1.29 is 114 Å². The van der Waals surface area contributed by atoms with Crippen molar-refractivity contribution in [1.82, 2.24) is 39.9 Å². The van der Waals surface area contributed by atoms with Crippen LogP contribution in [0.4, 0.5) is 0 Å². The SMILES string of the molecule is CC(C)(C)c1ccnc(-c2[c-]cccc2)c1.CC(C)Cc1cccc2c1oc1c(-c3ccccn3)[c-]ccc12.CC(C)c1cccc2c1oc1c(-c3ccccn3)[c-]ccc12.Cc1ccc(-c2[c-]cccc2)nc1.Cc1cccc(-c2[c-]cccc2)n1.Cc1cccc(-c2[c-]cccc2)n1.[Ir].[Ir].[Ir].[Ir].[Ir].[c-]1ccc2c(oc3ccccc32)c1-c1ccccn1.[c-]1ccccc1-c1ccccn1. The minimum absolute atomic E-state index is 0. The smallest absolute Gasteiger partial charge is 0.124 e. The molecule has 22 rings (SSSR count). The third-order valence-electron chi connectivity index (χ3n) is 21.3. The van der Waals surface area contributed by atoms with Crippen molar-refractivity contribution in [3.8, 4) is 90.1 Å². The first-order chi connectivity index (χ1) is 64.0. The van der Waals surface area contributed by atoms with Gasteiger partial charge in [-0.1, -0.05) is 227 Å². The number of hydrogen-bond donors (Lipinski definition) is 0. The molecule has 0 spiro atoms. The van der Waals surface area contributed by atoms with Gasteiger partial charge in [0.25, 0.3) is 0 Å². The van der Waals surface area contributed by atoms with Gasteiger partial charge in [-0.25, -0.2) is 0 Å². The summed E-state index contributed by atoms with van der Waals surface area (Å²) in [5.41, 5.74) is 28.2. The molecule has 0 amide bonds. The summed E-state index contributed by atoms with van der Waals surface area (Å²) in [5, 5.41) is 6.82. The Morgan fingerprint density at radius 1 is 0.279 bits per heavy atom. The molecule has 0 aliphatic rings. The van der Waals surface area contributed by atoms with Crippen LogP contribution in [0.25, 0.3) is 156 Å². The average molecular weight is 2660 g/mol. The summed E-state index contributed by atoms with van der Waals surface area (Å²) in [5.74, 6) is 1.02. The fourth-order valence-electron chi connectivity index (χ4n) is 14.8. The predicted molar refractivity (Wildman–Crippen MR) is 535 cm³/mol. The zero-order valence-corrected chi connectivity index (χ0v) is 88.8. The van der Waals surface area contributed by atoms with Gasteiger partial charge in [0.2, 0.25) is 0 Å². The number of aryl methyl sites for hydroxylation is 3. The molecule has 136 heavy (non-hydrogen) atoms. The van der Waals surface area contributed by atoms with Crippen molar-refractivity contribution in [2.24, 2.45) is 5.92 Å². The molecule has 11 aromatic heterocycles. The number of furan rings is 3. The molecule has 0 aliphatic carbocycles. The van der Waals surface area contributed by atoms with Gasteiger partial charge in [-0.2, -0.15) is 0 Å². The summed E-state index contributed by atoms with van der Waals surface area (Å²) in [6, 6.07) is 142. The van der Waals surface area contributed by atoms with E-state index in [1.807, 2.05) is 312 Å². The first-order valence-electron chi connectivity index (χ1n) is 43.8. The molecule has 16 heteroatoms. The Hall–Kier alpha value is -12.7. The van der Waals surface area contributed by atoms with Crippen molar-refractivity contribution >= 4 is 65.8 Å². The van der Waals surface area contributed by atoms with Gasteiger partial charge in [0.05, 0.1) is 16.7 Å². The maximum atomic E-state index is 6.30. The molecule has 0 bridgehead atoms. The van der Waals surface area contributed by atoms with E-state index in [0.29, 0.717) is 11.8 Å². The zero-order valence-electron chi connectivity index (χ0n) is 76.8. The topological polar surface area (TPSA) is 143 Å². The van der Waals surface area contributed by atoms with Crippen LogP contribution in [0, 0.1) is 75.2 Å². The molecule has 0 aliphatic heterocycles. The molecular formula is C120H98Ir5N8O3-8. The summed E-state index contributed by atoms with van der Waals surface area (Å²) >= 11 is 0. The maximum Gasteiger partial charge on any atom is 0.124 e. The van der Waals surface area contributed by atoms with Crippen molar-refractivity contribution in [3.63, 3.8) is 0 Å². The Bertz CT molecular complexity index is 7250. The van der Waals surface area contributed by atoms with E-state index in [9.17, 15) is 0 Å². The standard InChI is InChI=1S/C21H18NO.C20H16NO.C17H10NO.C15H16N.3C12H10N.C11H8N.5Ir/c1-14(2)13-15-7-5-8-16-17-9-6-10-18(21(17)23-20(15)16)19-11-3-4-12-22-19;1-13(2)14-7-5-8-15-16-9-6-10-17(20(16)22-19(14)15)18-11-3-4-12-21-18;1-2-10-16-12(6-1)13-7-5-8-14(17(13)19-16)15-9-3-4-11-18-15;1-15(2,3)13-9-10-16-14(11-13)12-7-5-4-6-8-12;2*1-10-6-5-9-12(13-10)11-7-3-2-4-8-11;1-10-7-8-12(13-9-10)11-5-3-2-4-6-11;1-2-6-10(7-3-1)11-8-4-5-9-12-11;;;;;/h3-9,11-12,14H,13H2,1-2H3;3-9,11-13H,1-2H3;1-7,9-11H;4-7,9-11H,1-3H3;2*2-7,9H,1H3;2-5,7-9H,1H3;1-6,8-9H;;;;;/q8*-1;;;;;. The van der Waals surface area contributed by atoms with E-state index in [4.69, 9.17) is 13.3 Å². The third kappa shape index (κ3) is 28.0. The second kappa shape index (κ2) is 52.4. The molecule has 5 radical (unpaired) electrons. The van der Waals surface area contributed by atoms with Crippen LogP contribution in [0.15, 0.2) is 402 Å². The Balaban J connectivity index is 0.000000162. The van der Waals surface area contributed by atoms with E-state index >= 15 is 0 Å². The predicted octanol–water partition coefficient (Wildman–Crippen LogP) is 30.6. The van der Waals surface area contributed by atoms with E-state index in [0.717, 1.165) is 168 Å². The van der Waals surface area contributed by atoms with Crippen LogP contribution in [-0.2, 0) is 112 Å². The molecule has 0 fully saturated rings. The summed E-state index contributed by atoms with van der Waals surface area (Å²) in [6.45, 7) is 21.5. The van der Waals surface area contributed by atoms with E-state index in [2.05, 4.69) is 210 Å². The Kier molecular flexibility index (Phi) is 40.6. The summed E-state index contributed by atoms with van der Waals surface area (Å²) in [6.07, 6.45) is 11.9. The van der Waals surface area contributed by atoms with Crippen molar-refractivity contribution in [1.29, 1.82) is 0 Å². The van der Waals surface area contributed by atoms with Gasteiger partial charge in [0.15, 0.2) is 0 Å². The Morgan fingerprint density at radius 3 is 1.05 bits per heavy atom. The van der Waals surface area contributed by atoms with Crippen LogP contribution < -0.4 is 0 Å². The van der Waals surface area contributed by atoms with E-state index < -0.39 is 0 Å². The first kappa shape index (κ1) is 105. The molecule has 11 aromatic carbocycles.